The molecular formula is C11H22O10. The SMILES string of the molecule is O=CC[C@H](O)[C@H](O)CO.O=C[C@H](O)[C@@H](O)[C@H](O)[C@H](O)CO. The molecule has 126 valence electrons. The van der Waals surface area contributed by atoms with Crippen LogP contribution >= 0.6 is 0 Å². The molecule has 21 heavy (non-hydrogen) atoms. The summed E-state index contributed by atoms with van der Waals surface area (Å²) in [7, 11) is 0. The lowest BCUT2D eigenvalue weighted by Gasteiger charge is -2.22. The number of rotatable bonds is 9. The highest BCUT2D eigenvalue weighted by Crippen LogP contribution is 2.02. The largest absolute Gasteiger partial charge is 0.394 e. The van der Waals surface area contributed by atoms with Gasteiger partial charge in [0.15, 0.2) is 6.29 Å². The van der Waals surface area contributed by atoms with Crippen molar-refractivity contribution in [1.29, 1.82) is 0 Å². The van der Waals surface area contributed by atoms with Crippen LogP contribution in [-0.2, 0) is 9.59 Å². The maximum absolute atomic E-state index is 9.90. The minimum Gasteiger partial charge on any atom is -0.394 e. The Labute approximate surface area is 120 Å². The summed E-state index contributed by atoms with van der Waals surface area (Å²) in [5.74, 6) is 0. The number of aliphatic hydroxyl groups is 8. The smallest absolute Gasteiger partial charge is 0.151 e. The van der Waals surface area contributed by atoms with Crippen molar-refractivity contribution >= 4 is 12.6 Å². The van der Waals surface area contributed by atoms with Gasteiger partial charge in [-0.1, -0.05) is 0 Å². The zero-order valence-corrected chi connectivity index (χ0v) is 11.1. The van der Waals surface area contributed by atoms with Crippen LogP contribution in [0.15, 0.2) is 0 Å². The standard InChI is InChI=1S/C6H12O6.C5H10O4/c7-1-3(9)5(11)6(12)4(10)2-8;6-2-1-4(8)5(9)3-7/h1,3-6,8-12H,2H2;2,4-5,7-9H,1,3H2/t3-,4+,5+,6+;4-,5+/m00/s1. The van der Waals surface area contributed by atoms with Gasteiger partial charge in [0, 0.05) is 6.42 Å². The van der Waals surface area contributed by atoms with Gasteiger partial charge in [0.2, 0.25) is 0 Å². The molecule has 8 N–H and O–H groups in total. The Morgan fingerprint density at radius 3 is 1.52 bits per heavy atom. The summed E-state index contributed by atoms with van der Waals surface area (Å²) in [5, 5.41) is 69.0. The minimum absolute atomic E-state index is 0.0258. The van der Waals surface area contributed by atoms with Crippen molar-refractivity contribution in [2.45, 2.75) is 43.0 Å². The van der Waals surface area contributed by atoms with E-state index >= 15 is 0 Å². The molecule has 0 unspecified atom stereocenters. The van der Waals surface area contributed by atoms with Crippen molar-refractivity contribution in [2.75, 3.05) is 13.2 Å². The molecule has 10 heteroatoms. The molecule has 6 atom stereocenters. The predicted octanol–water partition coefficient (Wildman–Crippen LogP) is -5.09. The number of carbonyl (C=O) groups excluding carboxylic acids is 2. The molecule has 0 radical (unpaired) electrons. The highest BCUT2D eigenvalue weighted by molar-refractivity contribution is 5.56. The molecular weight excluding hydrogens is 292 g/mol. The fraction of sp³-hybridized carbons (Fsp3) is 0.818. The molecule has 0 rings (SSSR count). The average molecular weight is 314 g/mol. The van der Waals surface area contributed by atoms with Gasteiger partial charge < -0.3 is 50.4 Å². The summed E-state index contributed by atoms with van der Waals surface area (Å²) in [6.07, 6.45) is -8.82. The van der Waals surface area contributed by atoms with E-state index in [0.717, 1.165) is 0 Å². The maximum atomic E-state index is 9.90. The minimum atomic E-state index is -1.79. The molecule has 0 aromatic carbocycles. The Balaban J connectivity index is 0. The van der Waals surface area contributed by atoms with E-state index in [2.05, 4.69) is 0 Å². The molecule has 0 amide bonds. The molecule has 0 spiro atoms. The van der Waals surface area contributed by atoms with Gasteiger partial charge in [-0.05, 0) is 0 Å². The summed E-state index contributed by atoms with van der Waals surface area (Å²) in [5.41, 5.74) is 0. The Hall–Kier alpha value is -0.980. The van der Waals surface area contributed by atoms with Gasteiger partial charge in [0.1, 0.15) is 36.8 Å². The van der Waals surface area contributed by atoms with Crippen LogP contribution in [-0.4, -0.2) is 103 Å². The van der Waals surface area contributed by atoms with Crippen molar-refractivity contribution in [3.05, 3.63) is 0 Å². The van der Waals surface area contributed by atoms with E-state index in [-0.39, 0.29) is 12.7 Å². The third kappa shape index (κ3) is 9.55. The molecule has 0 bridgehead atoms. The topological polar surface area (TPSA) is 196 Å². The first-order valence-electron chi connectivity index (χ1n) is 5.95. The number of aliphatic hydroxyl groups excluding tert-OH is 8. The van der Waals surface area contributed by atoms with Crippen LogP contribution in [0.2, 0.25) is 0 Å². The summed E-state index contributed by atoms with van der Waals surface area (Å²) in [4.78, 5) is 19.6. The average Bonchev–Trinajstić information content (AvgIpc) is 2.51. The van der Waals surface area contributed by atoms with E-state index in [1.165, 1.54) is 0 Å². The van der Waals surface area contributed by atoms with E-state index < -0.39 is 49.8 Å². The van der Waals surface area contributed by atoms with Gasteiger partial charge in [-0.15, -0.1) is 0 Å². The van der Waals surface area contributed by atoms with Gasteiger partial charge in [-0.2, -0.15) is 0 Å². The lowest BCUT2D eigenvalue weighted by Crippen LogP contribution is -2.46. The van der Waals surface area contributed by atoms with Crippen LogP contribution in [0.25, 0.3) is 0 Å². The zero-order chi connectivity index (χ0) is 17.0. The molecule has 0 aliphatic rings. The zero-order valence-electron chi connectivity index (χ0n) is 11.1. The lowest BCUT2D eigenvalue weighted by atomic mass is 10.0. The Morgan fingerprint density at radius 1 is 0.714 bits per heavy atom. The second-order valence-electron chi connectivity index (χ2n) is 4.08. The van der Waals surface area contributed by atoms with E-state index in [0.29, 0.717) is 6.29 Å². The summed E-state index contributed by atoms with van der Waals surface area (Å²) in [6.45, 7) is -1.28. The van der Waals surface area contributed by atoms with Crippen molar-refractivity contribution in [3.63, 3.8) is 0 Å². The molecule has 0 aliphatic carbocycles. The van der Waals surface area contributed by atoms with Crippen LogP contribution in [0.1, 0.15) is 6.42 Å². The summed E-state index contributed by atoms with van der Waals surface area (Å²) >= 11 is 0. The first-order valence-corrected chi connectivity index (χ1v) is 5.95. The van der Waals surface area contributed by atoms with Gasteiger partial charge in [-0.3, -0.25) is 0 Å². The molecule has 10 nitrogen and oxygen atoms in total. The van der Waals surface area contributed by atoms with E-state index in [4.69, 9.17) is 40.9 Å². The number of hydrogen-bond donors (Lipinski definition) is 8. The van der Waals surface area contributed by atoms with Crippen LogP contribution in [0, 0.1) is 0 Å². The second-order valence-corrected chi connectivity index (χ2v) is 4.08. The van der Waals surface area contributed by atoms with Crippen molar-refractivity contribution in [3.8, 4) is 0 Å². The first kappa shape index (κ1) is 22.3. The molecule has 0 aromatic heterocycles. The number of carbonyl (C=O) groups is 2. The van der Waals surface area contributed by atoms with Crippen molar-refractivity contribution < 1.29 is 50.4 Å². The van der Waals surface area contributed by atoms with Crippen molar-refractivity contribution in [1.82, 2.24) is 0 Å². The monoisotopic (exact) mass is 314 g/mol. The Bertz CT molecular complexity index is 274. The second kappa shape index (κ2) is 12.7. The quantitative estimate of drug-likeness (QED) is 0.191. The molecule has 0 fully saturated rings. The maximum Gasteiger partial charge on any atom is 0.151 e. The van der Waals surface area contributed by atoms with Crippen LogP contribution in [0.4, 0.5) is 0 Å². The van der Waals surface area contributed by atoms with Crippen LogP contribution in [0.5, 0.6) is 0 Å². The van der Waals surface area contributed by atoms with Crippen molar-refractivity contribution in [2.24, 2.45) is 0 Å². The number of aldehydes is 2. The highest BCUT2D eigenvalue weighted by atomic mass is 16.4. The van der Waals surface area contributed by atoms with Gasteiger partial charge in [0.05, 0.1) is 19.3 Å². The van der Waals surface area contributed by atoms with Crippen LogP contribution < -0.4 is 0 Å². The third-order valence-electron chi connectivity index (χ3n) is 2.39. The Kier molecular flexibility index (Phi) is 13.5. The molecule has 0 saturated heterocycles. The van der Waals surface area contributed by atoms with Gasteiger partial charge in [-0.25, -0.2) is 0 Å². The first-order chi connectivity index (χ1) is 9.76. The third-order valence-corrected chi connectivity index (χ3v) is 2.39. The van der Waals surface area contributed by atoms with E-state index in [1.54, 1.807) is 0 Å². The summed E-state index contributed by atoms with van der Waals surface area (Å²) < 4.78 is 0. The molecule has 0 heterocycles. The van der Waals surface area contributed by atoms with Crippen LogP contribution in [0.3, 0.4) is 0 Å². The van der Waals surface area contributed by atoms with Gasteiger partial charge in [0.25, 0.3) is 0 Å². The molecule has 0 saturated carbocycles. The van der Waals surface area contributed by atoms with Gasteiger partial charge >= 0.3 is 0 Å². The normalized spacial score (nSPS) is 19.2. The molecule has 0 aliphatic heterocycles. The molecule has 0 aromatic rings. The number of hydrogen-bond acceptors (Lipinski definition) is 10. The fourth-order valence-corrected chi connectivity index (χ4v) is 0.995. The lowest BCUT2D eigenvalue weighted by molar-refractivity contribution is -0.136. The fourth-order valence-electron chi connectivity index (χ4n) is 0.995. The summed E-state index contributed by atoms with van der Waals surface area (Å²) in [6, 6.07) is 0. The van der Waals surface area contributed by atoms with E-state index in [1.807, 2.05) is 0 Å². The highest BCUT2D eigenvalue weighted by Gasteiger charge is 2.29. The predicted molar refractivity (Wildman–Crippen MR) is 67.0 cm³/mol. The van der Waals surface area contributed by atoms with E-state index in [9.17, 15) is 9.59 Å². The Morgan fingerprint density at radius 2 is 1.19 bits per heavy atom.